The monoisotopic (exact) mass is 329 g/mol. The lowest BCUT2D eigenvalue weighted by atomic mass is 9.79. The van der Waals surface area contributed by atoms with Gasteiger partial charge < -0.3 is 18.6 Å². The van der Waals surface area contributed by atoms with Crippen LogP contribution in [0.15, 0.2) is 0 Å². The average molecular weight is 330 g/mol. The highest BCUT2D eigenvalue weighted by Crippen LogP contribution is 2.50. The summed E-state index contributed by atoms with van der Waals surface area (Å²) in [6.07, 6.45) is -0.304. The van der Waals surface area contributed by atoms with Crippen LogP contribution in [0, 0.1) is 11.3 Å². The van der Waals surface area contributed by atoms with Crippen LogP contribution in [0.1, 0.15) is 34.6 Å². The topological polar surface area (TPSA) is 60.8 Å². The molecule has 5 nitrogen and oxygen atoms in total. The van der Waals surface area contributed by atoms with Gasteiger partial charge in [-0.05, 0) is 32.0 Å². The van der Waals surface area contributed by atoms with Gasteiger partial charge in [0, 0.05) is 7.11 Å². The molecule has 0 aromatic heterocycles. The van der Waals surface area contributed by atoms with Crippen molar-refractivity contribution in [3.05, 3.63) is 0 Å². The molecule has 0 unspecified atom stereocenters. The lowest BCUT2D eigenvalue weighted by Gasteiger charge is -2.38. The van der Waals surface area contributed by atoms with Crippen molar-refractivity contribution in [2.45, 2.75) is 70.1 Å². The Morgan fingerprint density at radius 3 is 2.41 bits per heavy atom. The minimum atomic E-state index is -1.88. The Kier molecular flexibility index (Phi) is 4.31. The van der Waals surface area contributed by atoms with E-state index >= 15 is 0 Å². The van der Waals surface area contributed by atoms with Crippen molar-refractivity contribution < 1.29 is 18.6 Å². The number of methoxy groups -OCH3 is 1. The Hall–Kier alpha value is -0.433. The molecule has 2 fully saturated rings. The third-order valence-corrected chi connectivity index (χ3v) is 10.3. The van der Waals surface area contributed by atoms with Crippen molar-refractivity contribution in [3.8, 4) is 0 Å². The van der Waals surface area contributed by atoms with Crippen LogP contribution in [0.3, 0.4) is 0 Å². The fraction of sp³-hybridized carbons (Fsp3) is 0.938. The average Bonchev–Trinajstić information content (AvgIpc) is 2.82. The van der Waals surface area contributed by atoms with E-state index in [1.165, 1.54) is 0 Å². The van der Waals surface area contributed by atoms with Crippen LogP contribution < -0.4 is 0 Å². The Balaban J connectivity index is 2.22. The van der Waals surface area contributed by atoms with Crippen molar-refractivity contribution in [3.63, 3.8) is 0 Å². The summed E-state index contributed by atoms with van der Waals surface area (Å²) in [5, 5.41) is 8.36. The van der Waals surface area contributed by atoms with Crippen molar-refractivity contribution in [1.29, 1.82) is 5.41 Å². The van der Waals surface area contributed by atoms with Gasteiger partial charge in [0.15, 0.2) is 13.9 Å². The molecule has 0 radical (unpaired) electrons. The Morgan fingerprint density at radius 2 is 1.91 bits per heavy atom. The second kappa shape index (κ2) is 5.29. The quantitative estimate of drug-likeness (QED) is 0.805. The number of hydrogen-bond acceptors (Lipinski definition) is 5. The van der Waals surface area contributed by atoms with Gasteiger partial charge in [-0.2, -0.15) is 0 Å². The molecule has 0 aromatic rings. The predicted octanol–water partition coefficient (Wildman–Crippen LogP) is 3.19. The first kappa shape index (κ1) is 17.9. The summed E-state index contributed by atoms with van der Waals surface area (Å²) in [6.45, 7) is 16.1. The number of hydrogen-bond donors (Lipinski definition) is 1. The van der Waals surface area contributed by atoms with Crippen LogP contribution in [0.5, 0.6) is 0 Å². The van der Waals surface area contributed by atoms with Crippen LogP contribution in [0.25, 0.3) is 0 Å². The van der Waals surface area contributed by atoms with Gasteiger partial charge in [-0.25, -0.2) is 0 Å². The molecular weight excluding hydrogens is 298 g/mol. The molecule has 1 N–H and O–H groups in total. The molecule has 2 aliphatic heterocycles. The first-order valence-corrected chi connectivity index (χ1v) is 10.9. The van der Waals surface area contributed by atoms with E-state index in [1.54, 1.807) is 7.11 Å². The molecule has 0 spiro atoms. The highest BCUT2D eigenvalue weighted by molar-refractivity contribution is 6.74. The normalized spacial score (nSPS) is 34.6. The molecule has 22 heavy (non-hydrogen) atoms. The van der Waals surface area contributed by atoms with Gasteiger partial charge in [0.1, 0.15) is 6.10 Å². The third kappa shape index (κ3) is 2.54. The number of fused-ring (bicyclic) bond motifs is 1. The fourth-order valence-corrected chi connectivity index (χ4v) is 4.21. The zero-order valence-corrected chi connectivity index (χ0v) is 16.2. The highest BCUT2D eigenvalue weighted by atomic mass is 28.4. The Morgan fingerprint density at radius 1 is 1.32 bits per heavy atom. The number of ether oxygens (including phenoxy) is 3. The minimum Gasteiger partial charge on any atom is -0.478 e. The van der Waals surface area contributed by atoms with E-state index in [9.17, 15) is 0 Å². The summed E-state index contributed by atoms with van der Waals surface area (Å²) >= 11 is 0. The van der Waals surface area contributed by atoms with E-state index in [0.717, 1.165) is 0 Å². The van der Waals surface area contributed by atoms with Gasteiger partial charge in [-0.3, -0.25) is 5.41 Å². The summed E-state index contributed by atoms with van der Waals surface area (Å²) in [6, 6.07) is 0. The van der Waals surface area contributed by atoms with Gasteiger partial charge in [-0.15, -0.1) is 0 Å². The Labute approximate surface area is 135 Å². The largest absolute Gasteiger partial charge is 0.478 e. The third-order valence-electron chi connectivity index (χ3n) is 5.77. The Bertz CT molecular complexity index is 458. The first-order chi connectivity index (χ1) is 9.88. The molecule has 0 aliphatic carbocycles. The molecule has 0 amide bonds. The molecule has 6 heteroatoms. The highest BCUT2D eigenvalue weighted by Gasteiger charge is 2.67. The van der Waals surface area contributed by atoms with Gasteiger partial charge in [0.2, 0.25) is 5.90 Å². The predicted molar refractivity (Wildman–Crippen MR) is 89.0 cm³/mol. The summed E-state index contributed by atoms with van der Waals surface area (Å²) in [5.74, 6) is 0.194. The van der Waals surface area contributed by atoms with Crippen molar-refractivity contribution in [2.24, 2.45) is 5.92 Å². The van der Waals surface area contributed by atoms with E-state index in [4.69, 9.17) is 24.0 Å². The second-order valence-electron chi connectivity index (χ2n) is 8.47. The van der Waals surface area contributed by atoms with Crippen LogP contribution in [-0.2, 0) is 18.6 Å². The summed E-state index contributed by atoms with van der Waals surface area (Å²) in [7, 11) is -0.238. The van der Waals surface area contributed by atoms with Crippen LogP contribution >= 0.6 is 0 Å². The van der Waals surface area contributed by atoms with Crippen LogP contribution in [0.4, 0.5) is 0 Å². The SMILES string of the molecule is CO[C@@]12C(=N)OC[C@@H]1C(C)(C)O[C@@H]2CO[Si](C)(C)C(C)(C)C. The van der Waals surface area contributed by atoms with Gasteiger partial charge in [-0.1, -0.05) is 20.8 Å². The summed E-state index contributed by atoms with van der Waals surface area (Å²) in [5.41, 5.74) is -1.20. The maximum Gasteiger partial charge on any atom is 0.217 e. The first-order valence-electron chi connectivity index (χ1n) is 7.97. The van der Waals surface area contributed by atoms with E-state index in [2.05, 4.69) is 33.9 Å². The standard InChI is InChI=1S/C16H31NO4Si/c1-14(2,3)22(7,8)20-10-12-16(18-6)11(9-19-13(16)17)15(4,5)21-12/h11-12,17H,9-10H2,1-8H3/t11-,12-,16+/m1/s1. The number of nitrogens with one attached hydrogen (secondary N) is 1. The van der Waals surface area contributed by atoms with Gasteiger partial charge in [0.05, 0.1) is 24.7 Å². The van der Waals surface area contributed by atoms with Gasteiger partial charge in [0.25, 0.3) is 0 Å². The summed E-state index contributed by atoms with van der Waals surface area (Å²) < 4.78 is 23.9. The van der Waals surface area contributed by atoms with Crippen molar-refractivity contribution >= 4 is 14.2 Å². The van der Waals surface area contributed by atoms with Crippen LogP contribution in [0.2, 0.25) is 18.1 Å². The molecule has 2 saturated heterocycles. The molecule has 0 aromatic carbocycles. The van der Waals surface area contributed by atoms with Crippen molar-refractivity contribution in [1.82, 2.24) is 0 Å². The molecule has 128 valence electrons. The lowest BCUT2D eigenvalue weighted by molar-refractivity contribution is -0.0808. The molecular formula is C16H31NO4Si. The smallest absolute Gasteiger partial charge is 0.217 e. The van der Waals surface area contributed by atoms with E-state index < -0.39 is 13.9 Å². The van der Waals surface area contributed by atoms with E-state index in [-0.39, 0.29) is 28.6 Å². The minimum absolute atomic E-state index is 0.0190. The zero-order chi connectivity index (χ0) is 17.0. The van der Waals surface area contributed by atoms with Crippen LogP contribution in [-0.4, -0.2) is 51.8 Å². The maximum atomic E-state index is 8.22. The molecule has 2 aliphatic rings. The second-order valence-corrected chi connectivity index (χ2v) is 13.3. The molecule has 2 rings (SSSR count). The summed E-state index contributed by atoms with van der Waals surface area (Å²) in [4.78, 5) is 0. The lowest BCUT2D eigenvalue weighted by Crippen LogP contribution is -2.53. The molecule has 0 bridgehead atoms. The fourth-order valence-electron chi connectivity index (χ4n) is 3.21. The molecule has 0 saturated carbocycles. The maximum absolute atomic E-state index is 8.22. The molecule has 2 heterocycles. The van der Waals surface area contributed by atoms with Crippen molar-refractivity contribution in [2.75, 3.05) is 20.3 Å². The number of rotatable bonds is 4. The zero-order valence-electron chi connectivity index (χ0n) is 15.2. The molecule has 3 atom stereocenters. The van der Waals surface area contributed by atoms with Gasteiger partial charge >= 0.3 is 0 Å². The van der Waals surface area contributed by atoms with E-state index in [1.807, 2.05) is 13.8 Å². The van der Waals surface area contributed by atoms with E-state index in [0.29, 0.717) is 13.2 Å².